The minimum atomic E-state index is -3.18. The molecule has 2 heterocycles. The SMILES string of the molecule is Cc1c(C(=O)NC(CN2CCCS2(=O)=O)C2CC2)cnc2c(Cl)cccc12. The molecule has 1 saturated carbocycles. The third kappa shape index (κ3) is 3.68. The van der Waals surface area contributed by atoms with E-state index in [2.05, 4.69) is 10.3 Å². The average molecular weight is 408 g/mol. The molecule has 0 bridgehead atoms. The van der Waals surface area contributed by atoms with Gasteiger partial charge >= 0.3 is 0 Å². The monoisotopic (exact) mass is 407 g/mol. The molecule has 1 saturated heterocycles. The van der Waals surface area contributed by atoms with Crippen molar-refractivity contribution in [2.45, 2.75) is 32.2 Å². The minimum Gasteiger partial charge on any atom is -0.348 e. The van der Waals surface area contributed by atoms with Crippen molar-refractivity contribution in [3.05, 3.63) is 40.5 Å². The summed E-state index contributed by atoms with van der Waals surface area (Å²) in [5.41, 5.74) is 2.00. The van der Waals surface area contributed by atoms with Crippen LogP contribution in [0.3, 0.4) is 0 Å². The van der Waals surface area contributed by atoms with E-state index < -0.39 is 10.0 Å². The highest BCUT2D eigenvalue weighted by Crippen LogP contribution is 2.34. The lowest BCUT2D eigenvalue weighted by molar-refractivity contribution is 0.0926. The van der Waals surface area contributed by atoms with Crippen LogP contribution in [0.25, 0.3) is 10.9 Å². The van der Waals surface area contributed by atoms with Gasteiger partial charge in [0.05, 0.1) is 21.9 Å². The Balaban J connectivity index is 1.57. The zero-order valence-corrected chi connectivity index (χ0v) is 16.7. The van der Waals surface area contributed by atoms with E-state index >= 15 is 0 Å². The number of rotatable bonds is 5. The number of carbonyl (C=O) groups is 1. The Labute approximate surface area is 164 Å². The van der Waals surface area contributed by atoms with Crippen molar-refractivity contribution >= 4 is 38.4 Å². The van der Waals surface area contributed by atoms with Gasteiger partial charge in [0.2, 0.25) is 10.0 Å². The highest BCUT2D eigenvalue weighted by Gasteiger charge is 2.38. The van der Waals surface area contributed by atoms with Gasteiger partial charge in [0.25, 0.3) is 5.91 Å². The van der Waals surface area contributed by atoms with Crippen molar-refractivity contribution in [3.8, 4) is 0 Å². The van der Waals surface area contributed by atoms with Gasteiger partial charge < -0.3 is 5.32 Å². The van der Waals surface area contributed by atoms with E-state index in [4.69, 9.17) is 11.6 Å². The molecule has 4 rings (SSSR count). The molecule has 2 aliphatic rings. The van der Waals surface area contributed by atoms with E-state index in [9.17, 15) is 13.2 Å². The lowest BCUT2D eigenvalue weighted by Gasteiger charge is -2.24. The molecule has 8 heteroatoms. The number of fused-ring (bicyclic) bond motifs is 1. The first-order chi connectivity index (χ1) is 12.9. The number of aromatic nitrogens is 1. The van der Waals surface area contributed by atoms with Crippen LogP contribution in [0.5, 0.6) is 0 Å². The van der Waals surface area contributed by atoms with E-state index in [-0.39, 0.29) is 17.7 Å². The fourth-order valence-electron chi connectivity index (χ4n) is 3.72. The third-order valence-electron chi connectivity index (χ3n) is 5.47. The van der Waals surface area contributed by atoms with E-state index in [0.29, 0.717) is 41.5 Å². The molecule has 1 amide bonds. The summed E-state index contributed by atoms with van der Waals surface area (Å²) in [6, 6.07) is 5.34. The number of hydrogen-bond acceptors (Lipinski definition) is 4. The first-order valence-corrected chi connectivity index (χ1v) is 11.2. The Morgan fingerprint density at radius 1 is 1.41 bits per heavy atom. The van der Waals surface area contributed by atoms with E-state index in [1.807, 2.05) is 19.1 Å². The fourth-order valence-corrected chi connectivity index (χ4v) is 5.49. The lowest BCUT2D eigenvalue weighted by Crippen LogP contribution is -2.45. The molecule has 1 unspecified atom stereocenters. The number of pyridine rings is 1. The van der Waals surface area contributed by atoms with Crippen molar-refractivity contribution < 1.29 is 13.2 Å². The summed E-state index contributed by atoms with van der Waals surface area (Å²) in [4.78, 5) is 17.3. The summed E-state index contributed by atoms with van der Waals surface area (Å²) in [6.07, 6.45) is 4.24. The van der Waals surface area contributed by atoms with E-state index in [0.717, 1.165) is 23.8 Å². The van der Waals surface area contributed by atoms with Crippen LogP contribution >= 0.6 is 11.6 Å². The van der Waals surface area contributed by atoms with Crippen molar-refractivity contribution in [2.24, 2.45) is 5.92 Å². The van der Waals surface area contributed by atoms with Gasteiger partial charge in [0, 0.05) is 30.7 Å². The zero-order chi connectivity index (χ0) is 19.2. The molecule has 1 aliphatic carbocycles. The first kappa shape index (κ1) is 18.7. The molecule has 2 fully saturated rings. The second-order valence-electron chi connectivity index (χ2n) is 7.38. The average Bonchev–Trinajstić information content (AvgIpc) is 3.41. The van der Waals surface area contributed by atoms with Gasteiger partial charge in [-0.15, -0.1) is 0 Å². The number of aryl methyl sites for hydroxylation is 1. The Morgan fingerprint density at radius 3 is 2.85 bits per heavy atom. The van der Waals surface area contributed by atoms with Crippen LogP contribution in [-0.4, -0.2) is 48.5 Å². The predicted octanol–water partition coefficient (Wildman–Crippen LogP) is 2.74. The number of nitrogens with zero attached hydrogens (tertiary/aromatic N) is 2. The lowest BCUT2D eigenvalue weighted by atomic mass is 10.0. The number of nitrogens with one attached hydrogen (secondary N) is 1. The molecule has 144 valence electrons. The van der Waals surface area contributed by atoms with Gasteiger partial charge in [0.1, 0.15) is 0 Å². The minimum absolute atomic E-state index is 0.167. The highest BCUT2D eigenvalue weighted by molar-refractivity contribution is 7.89. The summed E-state index contributed by atoms with van der Waals surface area (Å²) in [6.45, 7) is 2.77. The molecule has 1 aromatic carbocycles. The molecule has 1 atom stereocenters. The molecular weight excluding hydrogens is 386 g/mol. The van der Waals surface area contributed by atoms with Gasteiger partial charge in [-0.05, 0) is 43.7 Å². The van der Waals surface area contributed by atoms with Crippen molar-refractivity contribution in [2.75, 3.05) is 18.8 Å². The number of carbonyl (C=O) groups excluding carboxylic acids is 1. The van der Waals surface area contributed by atoms with Crippen LogP contribution in [0.4, 0.5) is 0 Å². The molecular formula is C19H22ClN3O3S. The predicted molar refractivity (Wildman–Crippen MR) is 105 cm³/mol. The topological polar surface area (TPSA) is 79.4 Å². The summed E-state index contributed by atoms with van der Waals surface area (Å²) in [5.74, 6) is 0.329. The van der Waals surface area contributed by atoms with Crippen LogP contribution in [0, 0.1) is 12.8 Å². The zero-order valence-electron chi connectivity index (χ0n) is 15.1. The molecule has 0 radical (unpaired) electrons. The van der Waals surface area contributed by atoms with Crippen LogP contribution in [0.2, 0.25) is 5.02 Å². The summed E-state index contributed by atoms with van der Waals surface area (Å²) >= 11 is 6.19. The normalized spacial score (nSPS) is 20.7. The Bertz CT molecular complexity index is 1000. The van der Waals surface area contributed by atoms with Crippen molar-refractivity contribution in [1.82, 2.24) is 14.6 Å². The van der Waals surface area contributed by atoms with E-state index in [1.165, 1.54) is 4.31 Å². The number of halogens is 1. The molecule has 2 aromatic rings. The van der Waals surface area contributed by atoms with Gasteiger partial charge in [-0.2, -0.15) is 4.31 Å². The summed E-state index contributed by atoms with van der Waals surface area (Å²) in [7, 11) is -3.18. The summed E-state index contributed by atoms with van der Waals surface area (Å²) in [5, 5.41) is 4.46. The largest absolute Gasteiger partial charge is 0.348 e. The molecule has 1 aliphatic heterocycles. The third-order valence-corrected chi connectivity index (χ3v) is 7.70. The molecule has 1 aromatic heterocycles. The van der Waals surface area contributed by atoms with Gasteiger partial charge in [-0.25, -0.2) is 8.42 Å². The van der Waals surface area contributed by atoms with Crippen LogP contribution in [0.1, 0.15) is 35.2 Å². The quantitative estimate of drug-likeness (QED) is 0.826. The number of amides is 1. The molecule has 1 N–H and O–H groups in total. The Kier molecular flexibility index (Phi) is 4.86. The van der Waals surface area contributed by atoms with Crippen LogP contribution in [0.15, 0.2) is 24.4 Å². The van der Waals surface area contributed by atoms with Crippen molar-refractivity contribution in [1.29, 1.82) is 0 Å². The smallest absolute Gasteiger partial charge is 0.253 e. The van der Waals surface area contributed by atoms with Crippen LogP contribution < -0.4 is 5.32 Å². The second-order valence-corrected chi connectivity index (χ2v) is 9.87. The van der Waals surface area contributed by atoms with Crippen LogP contribution in [-0.2, 0) is 10.0 Å². The number of benzene rings is 1. The number of para-hydroxylation sites is 1. The maximum atomic E-state index is 12.9. The fraction of sp³-hybridized carbons (Fsp3) is 0.474. The number of hydrogen-bond donors (Lipinski definition) is 1. The van der Waals surface area contributed by atoms with Gasteiger partial charge in [0.15, 0.2) is 0 Å². The molecule has 6 nitrogen and oxygen atoms in total. The maximum Gasteiger partial charge on any atom is 0.253 e. The standard InChI is InChI=1S/C19H22ClN3O3S/c1-12-14-4-2-5-16(20)18(14)21-10-15(12)19(24)22-17(13-6-7-13)11-23-8-3-9-27(23,25)26/h2,4-5,10,13,17H,3,6-9,11H2,1H3,(H,22,24). The molecule has 27 heavy (non-hydrogen) atoms. The van der Waals surface area contributed by atoms with Gasteiger partial charge in [-0.1, -0.05) is 23.7 Å². The van der Waals surface area contributed by atoms with E-state index in [1.54, 1.807) is 12.3 Å². The molecule has 0 spiro atoms. The Morgan fingerprint density at radius 2 is 2.19 bits per heavy atom. The first-order valence-electron chi connectivity index (χ1n) is 9.19. The Hall–Kier alpha value is -1.70. The number of sulfonamides is 1. The highest BCUT2D eigenvalue weighted by atomic mass is 35.5. The van der Waals surface area contributed by atoms with Gasteiger partial charge in [-0.3, -0.25) is 9.78 Å². The van der Waals surface area contributed by atoms with Crippen molar-refractivity contribution in [3.63, 3.8) is 0 Å². The maximum absolute atomic E-state index is 12.9. The second kappa shape index (κ2) is 7.04. The summed E-state index contributed by atoms with van der Waals surface area (Å²) < 4.78 is 25.8.